The Morgan fingerprint density at radius 3 is 2.77 bits per heavy atom. The van der Waals surface area contributed by atoms with Gasteiger partial charge in [0.1, 0.15) is 23.3 Å². The van der Waals surface area contributed by atoms with Gasteiger partial charge in [-0.15, -0.1) is 0 Å². The minimum absolute atomic E-state index is 0.134. The van der Waals surface area contributed by atoms with Crippen LogP contribution in [0.15, 0.2) is 34.2 Å². The molecule has 0 atom stereocenters. The first-order valence-corrected chi connectivity index (χ1v) is 7.82. The number of rotatable bonds is 5. The molecule has 0 aliphatic rings. The molecule has 1 heterocycles. The van der Waals surface area contributed by atoms with Crippen molar-refractivity contribution < 1.29 is 13.9 Å². The van der Waals surface area contributed by atoms with E-state index in [0.717, 1.165) is 15.6 Å². The number of hydrogen-bond donors (Lipinski definition) is 0. The highest BCUT2D eigenvalue weighted by Crippen LogP contribution is 2.34. The molecule has 0 fully saturated rings. The maximum Gasteiger partial charge on any atom is 0.303 e. The first-order valence-electron chi connectivity index (χ1n) is 7.00. The Morgan fingerprint density at radius 1 is 1.45 bits per heavy atom. The first-order chi connectivity index (χ1) is 10.4. The molecule has 118 valence electrons. The van der Waals surface area contributed by atoms with E-state index in [1.807, 2.05) is 31.5 Å². The molecule has 0 radical (unpaired) electrons. The van der Waals surface area contributed by atoms with Crippen LogP contribution in [-0.2, 0) is 23.2 Å². The molecule has 0 unspecified atom stereocenters. The quantitative estimate of drug-likeness (QED) is 0.783. The van der Waals surface area contributed by atoms with Crippen LogP contribution in [0.25, 0.3) is 0 Å². The van der Waals surface area contributed by atoms with Gasteiger partial charge in [0.2, 0.25) is 0 Å². The molecule has 22 heavy (non-hydrogen) atoms. The normalized spacial score (nSPS) is 11.0. The molecule has 0 aliphatic heterocycles. The summed E-state index contributed by atoms with van der Waals surface area (Å²) in [5.74, 6) is 0.290. The van der Waals surface area contributed by atoms with Crippen molar-refractivity contribution in [1.29, 1.82) is 0 Å². The number of hydrogen-bond acceptors (Lipinski definition) is 4. The summed E-state index contributed by atoms with van der Waals surface area (Å²) in [4.78, 5) is 16.4. The maximum absolute atomic E-state index is 13.4. The summed E-state index contributed by atoms with van der Waals surface area (Å²) in [6.45, 7) is 5.60. The number of esters is 1. The SMILES string of the molecule is CC(=O)OCc1nc(C(C)C)c(Sc2cccc(F)c2)n1C. The average molecular weight is 322 g/mol. The molecule has 2 aromatic rings. The third-order valence-corrected chi connectivity index (χ3v) is 4.29. The van der Waals surface area contributed by atoms with Crippen LogP contribution >= 0.6 is 11.8 Å². The number of nitrogens with zero attached hydrogens (tertiary/aromatic N) is 2. The maximum atomic E-state index is 13.4. The van der Waals surface area contributed by atoms with Crippen LogP contribution in [0.3, 0.4) is 0 Å². The fraction of sp³-hybridized carbons (Fsp3) is 0.375. The van der Waals surface area contributed by atoms with Crippen LogP contribution in [-0.4, -0.2) is 15.5 Å². The van der Waals surface area contributed by atoms with E-state index >= 15 is 0 Å². The van der Waals surface area contributed by atoms with Gasteiger partial charge in [0, 0.05) is 18.9 Å². The monoisotopic (exact) mass is 322 g/mol. The lowest BCUT2D eigenvalue weighted by Crippen LogP contribution is -2.05. The largest absolute Gasteiger partial charge is 0.458 e. The van der Waals surface area contributed by atoms with Crippen LogP contribution in [0, 0.1) is 5.82 Å². The molecular weight excluding hydrogens is 303 g/mol. The van der Waals surface area contributed by atoms with Crippen molar-refractivity contribution in [2.75, 3.05) is 0 Å². The van der Waals surface area contributed by atoms with Crippen molar-refractivity contribution in [2.45, 2.75) is 43.2 Å². The van der Waals surface area contributed by atoms with Crippen molar-refractivity contribution in [3.8, 4) is 0 Å². The van der Waals surface area contributed by atoms with E-state index in [0.29, 0.717) is 5.82 Å². The molecule has 2 rings (SSSR count). The third kappa shape index (κ3) is 3.88. The van der Waals surface area contributed by atoms with E-state index in [-0.39, 0.29) is 24.3 Å². The summed E-state index contributed by atoms with van der Waals surface area (Å²) in [6, 6.07) is 6.45. The zero-order valence-corrected chi connectivity index (χ0v) is 13.9. The summed E-state index contributed by atoms with van der Waals surface area (Å²) in [6.07, 6.45) is 0. The number of aromatic nitrogens is 2. The Balaban J connectivity index is 2.34. The number of halogens is 1. The van der Waals surface area contributed by atoms with Crippen molar-refractivity contribution in [3.63, 3.8) is 0 Å². The van der Waals surface area contributed by atoms with Crippen molar-refractivity contribution in [1.82, 2.24) is 9.55 Å². The zero-order valence-electron chi connectivity index (χ0n) is 13.1. The van der Waals surface area contributed by atoms with Gasteiger partial charge < -0.3 is 9.30 Å². The fourth-order valence-electron chi connectivity index (χ4n) is 1.99. The lowest BCUT2D eigenvalue weighted by molar-refractivity contribution is -0.142. The molecule has 1 aromatic carbocycles. The minimum Gasteiger partial charge on any atom is -0.458 e. The van der Waals surface area contributed by atoms with Crippen LogP contribution in [0.4, 0.5) is 4.39 Å². The van der Waals surface area contributed by atoms with Gasteiger partial charge in [-0.2, -0.15) is 0 Å². The summed E-state index contributed by atoms with van der Waals surface area (Å²) in [5.41, 5.74) is 0.916. The van der Waals surface area contributed by atoms with Crippen molar-refractivity contribution in [2.24, 2.45) is 7.05 Å². The number of carbonyl (C=O) groups excluding carboxylic acids is 1. The Hall–Kier alpha value is -1.82. The Kier molecular flexibility index (Phi) is 5.24. The molecule has 0 spiro atoms. The average Bonchev–Trinajstić information content (AvgIpc) is 2.74. The smallest absolute Gasteiger partial charge is 0.303 e. The number of imidazole rings is 1. The second-order valence-electron chi connectivity index (χ2n) is 5.27. The summed E-state index contributed by atoms with van der Waals surface area (Å²) in [5, 5.41) is 0.933. The predicted molar refractivity (Wildman–Crippen MR) is 83.3 cm³/mol. The van der Waals surface area contributed by atoms with E-state index in [2.05, 4.69) is 4.98 Å². The molecule has 1 aromatic heterocycles. The molecular formula is C16H19FN2O2S. The van der Waals surface area contributed by atoms with E-state index < -0.39 is 0 Å². The molecule has 0 aliphatic carbocycles. The highest BCUT2D eigenvalue weighted by Gasteiger charge is 2.19. The summed E-state index contributed by atoms with van der Waals surface area (Å²) in [7, 11) is 1.87. The van der Waals surface area contributed by atoms with Crippen LogP contribution < -0.4 is 0 Å². The number of benzene rings is 1. The van der Waals surface area contributed by atoms with Gasteiger partial charge in [0.05, 0.1) is 5.69 Å². The van der Waals surface area contributed by atoms with Gasteiger partial charge in [-0.05, 0) is 24.1 Å². The van der Waals surface area contributed by atoms with Gasteiger partial charge in [0.25, 0.3) is 0 Å². The highest BCUT2D eigenvalue weighted by molar-refractivity contribution is 7.99. The fourth-order valence-corrected chi connectivity index (χ4v) is 3.15. The summed E-state index contributed by atoms with van der Waals surface area (Å²) < 4.78 is 20.3. The molecule has 0 saturated heterocycles. The Bertz CT molecular complexity index is 683. The van der Waals surface area contributed by atoms with Gasteiger partial charge in [-0.3, -0.25) is 4.79 Å². The van der Waals surface area contributed by atoms with Gasteiger partial charge in [0.15, 0.2) is 0 Å². The second kappa shape index (κ2) is 6.96. The standard InChI is InChI=1S/C16H19FN2O2S/c1-10(2)15-16(22-13-7-5-6-12(17)8-13)19(4)14(18-15)9-21-11(3)20/h5-8,10H,9H2,1-4H3. The Morgan fingerprint density at radius 2 is 2.18 bits per heavy atom. The van der Waals surface area contributed by atoms with E-state index in [1.54, 1.807) is 6.07 Å². The third-order valence-electron chi connectivity index (χ3n) is 3.12. The second-order valence-corrected chi connectivity index (χ2v) is 6.33. The zero-order chi connectivity index (χ0) is 16.3. The van der Waals surface area contributed by atoms with Gasteiger partial charge in [-0.25, -0.2) is 9.37 Å². The molecule has 6 heteroatoms. The van der Waals surface area contributed by atoms with Crippen LogP contribution in [0.2, 0.25) is 0 Å². The lowest BCUT2D eigenvalue weighted by atomic mass is 10.2. The van der Waals surface area contributed by atoms with Crippen LogP contribution in [0.5, 0.6) is 0 Å². The first kappa shape index (κ1) is 16.5. The summed E-state index contributed by atoms with van der Waals surface area (Å²) >= 11 is 1.46. The molecule has 0 N–H and O–H groups in total. The highest BCUT2D eigenvalue weighted by atomic mass is 32.2. The minimum atomic E-state index is -0.339. The predicted octanol–water partition coefficient (Wildman–Crippen LogP) is 3.90. The van der Waals surface area contributed by atoms with E-state index in [4.69, 9.17) is 4.74 Å². The molecule has 4 nitrogen and oxygen atoms in total. The van der Waals surface area contributed by atoms with Gasteiger partial charge >= 0.3 is 5.97 Å². The molecule has 0 saturated carbocycles. The van der Waals surface area contributed by atoms with Crippen LogP contribution in [0.1, 0.15) is 38.2 Å². The molecule has 0 bridgehead atoms. The Labute approximate surface area is 133 Å². The van der Waals surface area contributed by atoms with E-state index in [1.165, 1.54) is 30.8 Å². The van der Waals surface area contributed by atoms with Gasteiger partial charge in [-0.1, -0.05) is 31.7 Å². The lowest BCUT2D eigenvalue weighted by Gasteiger charge is -2.09. The number of carbonyl (C=O) groups is 1. The number of ether oxygens (including phenoxy) is 1. The van der Waals surface area contributed by atoms with Crippen molar-refractivity contribution in [3.05, 3.63) is 41.6 Å². The molecule has 0 amide bonds. The topological polar surface area (TPSA) is 44.1 Å². The van der Waals surface area contributed by atoms with E-state index in [9.17, 15) is 9.18 Å². The van der Waals surface area contributed by atoms with Crippen molar-refractivity contribution >= 4 is 17.7 Å².